The van der Waals surface area contributed by atoms with Crippen molar-refractivity contribution in [2.75, 3.05) is 5.32 Å². The van der Waals surface area contributed by atoms with Crippen molar-refractivity contribution in [1.82, 2.24) is 4.98 Å². The van der Waals surface area contributed by atoms with E-state index >= 15 is 0 Å². The van der Waals surface area contributed by atoms with Gasteiger partial charge in [0.25, 0.3) is 0 Å². The summed E-state index contributed by atoms with van der Waals surface area (Å²) in [5, 5.41) is 11.8. The van der Waals surface area contributed by atoms with Gasteiger partial charge in [0.2, 0.25) is 0 Å². The molecule has 0 radical (unpaired) electrons. The Hall–Kier alpha value is -2.12. The van der Waals surface area contributed by atoms with Gasteiger partial charge >= 0.3 is 0 Å². The quantitative estimate of drug-likeness (QED) is 0.884. The number of anilines is 2. The summed E-state index contributed by atoms with van der Waals surface area (Å²) >= 11 is 5.64. The molecule has 2 aromatic rings. The molecule has 0 spiro atoms. The molecule has 0 saturated carbocycles. The molecule has 0 bridgehead atoms. The highest BCUT2D eigenvalue weighted by molar-refractivity contribution is 6.30. The molecule has 0 saturated heterocycles. The maximum absolute atomic E-state index is 13.5. The van der Waals surface area contributed by atoms with Gasteiger partial charge in [0.15, 0.2) is 0 Å². The fourth-order valence-electron chi connectivity index (χ4n) is 1.30. The average molecular weight is 248 g/mol. The third-order valence-corrected chi connectivity index (χ3v) is 2.29. The number of hydrogen-bond donors (Lipinski definition) is 1. The number of halogens is 2. The summed E-state index contributed by atoms with van der Waals surface area (Å²) in [6.07, 6.45) is 0. The van der Waals surface area contributed by atoms with Gasteiger partial charge in [0.1, 0.15) is 23.4 Å². The largest absolute Gasteiger partial charge is 0.338 e. The first kappa shape index (κ1) is 11.4. The molecule has 0 amide bonds. The van der Waals surface area contributed by atoms with Gasteiger partial charge in [-0.3, -0.25) is 0 Å². The molecule has 0 aliphatic heterocycles. The summed E-state index contributed by atoms with van der Waals surface area (Å²) in [7, 11) is 0. The van der Waals surface area contributed by atoms with E-state index in [0.717, 1.165) is 0 Å². The maximum atomic E-state index is 13.5. The van der Waals surface area contributed by atoms with Crippen LogP contribution in [0.25, 0.3) is 0 Å². The Bertz CT molecular complexity index is 593. The first-order valence-electron chi connectivity index (χ1n) is 4.78. The highest BCUT2D eigenvalue weighted by Gasteiger charge is 2.04. The normalized spacial score (nSPS) is 9.71. The first-order valence-corrected chi connectivity index (χ1v) is 5.16. The van der Waals surface area contributed by atoms with Gasteiger partial charge in [0, 0.05) is 5.02 Å². The monoisotopic (exact) mass is 247 g/mol. The van der Waals surface area contributed by atoms with E-state index in [-0.39, 0.29) is 11.4 Å². The number of aromatic nitrogens is 1. The average Bonchev–Trinajstić information content (AvgIpc) is 2.33. The Kier molecular flexibility index (Phi) is 3.22. The number of pyridine rings is 1. The molecule has 0 atom stereocenters. The molecule has 17 heavy (non-hydrogen) atoms. The highest BCUT2D eigenvalue weighted by Crippen LogP contribution is 2.21. The van der Waals surface area contributed by atoms with E-state index in [1.54, 1.807) is 24.3 Å². The number of rotatable bonds is 2. The standard InChI is InChI=1S/C12H7ClFN3/c13-8-4-5-11(10(14)6-8)17-12-3-1-2-9(7-15)16-12/h1-6H,(H,16,17). The van der Waals surface area contributed by atoms with Crippen molar-refractivity contribution < 1.29 is 4.39 Å². The fourth-order valence-corrected chi connectivity index (χ4v) is 1.45. The van der Waals surface area contributed by atoms with Crippen LogP contribution >= 0.6 is 11.6 Å². The minimum Gasteiger partial charge on any atom is -0.338 e. The lowest BCUT2D eigenvalue weighted by molar-refractivity contribution is 0.632. The molecule has 0 unspecified atom stereocenters. The Morgan fingerprint density at radius 1 is 1.29 bits per heavy atom. The lowest BCUT2D eigenvalue weighted by Gasteiger charge is -2.06. The minimum absolute atomic E-state index is 0.261. The summed E-state index contributed by atoms with van der Waals surface area (Å²) in [5.74, 6) is -0.0630. The van der Waals surface area contributed by atoms with E-state index in [4.69, 9.17) is 16.9 Å². The smallest absolute Gasteiger partial charge is 0.148 e. The van der Waals surface area contributed by atoms with E-state index in [0.29, 0.717) is 10.8 Å². The fraction of sp³-hybridized carbons (Fsp3) is 0. The molecule has 5 heteroatoms. The van der Waals surface area contributed by atoms with Crippen LogP contribution in [0.3, 0.4) is 0 Å². The summed E-state index contributed by atoms with van der Waals surface area (Å²) in [6, 6.07) is 11.1. The molecule has 1 heterocycles. The molecule has 0 aliphatic carbocycles. The summed E-state index contributed by atoms with van der Waals surface area (Å²) in [5.41, 5.74) is 0.529. The Morgan fingerprint density at radius 2 is 2.12 bits per heavy atom. The molecule has 1 N–H and O–H groups in total. The highest BCUT2D eigenvalue weighted by atomic mass is 35.5. The van der Waals surface area contributed by atoms with Crippen molar-refractivity contribution in [2.24, 2.45) is 0 Å². The third-order valence-electron chi connectivity index (χ3n) is 2.06. The van der Waals surface area contributed by atoms with E-state index in [2.05, 4.69) is 10.3 Å². The first-order chi connectivity index (χ1) is 8.19. The van der Waals surface area contributed by atoms with Crippen LogP contribution in [0, 0.1) is 17.1 Å². The molecule has 3 nitrogen and oxygen atoms in total. The van der Waals surface area contributed by atoms with Crippen molar-refractivity contribution in [3.05, 3.63) is 52.9 Å². The van der Waals surface area contributed by atoms with Crippen LogP contribution in [0.1, 0.15) is 5.69 Å². The molecular weight excluding hydrogens is 241 g/mol. The van der Waals surface area contributed by atoms with Crippen LogP contribution in [0.15, 0.2) is 36.4 Å². The maximum Gasteiger partial charge on any atom is 0.148 e. The molecule has 1 aromatic carbocycles. The topological polar surface area (TPSA) is 48.7 Å². The zero-order valence-corrected chi connectivity index (χ0v) is 9.37. The van der Waals surface area contributed by atoms with Crippen LogP contribution in [-0.2, 0) is 0 Å². The van der Waals surface area contributed by atoms with E-state index in [9.17, 15) is 4.39 Å². The third kappa shape index (κ3) is 2.71. The van der Waals surface area contributed by atoms with E-state index in [1.807, 2.05) is 6.07 Å². The molecular formula is C12H7ClFN3. The molecule has 0 fully saturated rings. The van der Waals surface area contributed by atoms with Crippen molar-refractivity contribution in [2.45, 2.75) is 0 Å². The van der Waals surface area contributed by atoms with Crippen LogP contribution in [0.4, 0.5) is 15.9 Å². The number of nitriles is 1. The minimum atomic E-state index is -0.471. The second-order valence-corrected chi connectivity index (χ2v) is 3.71. The summed E-state index contributed by atoms with van der Waals surface area (Å²) in [4.78, 5) is 3.98. The van der Waals surface area contributed by atoms with Crippen LogP contribution in [0.5, 0.6) is 0 Å². The van der Waals surface area contributed by atoms with Crippen LogP contribution in [-0.4, -0.2) is 4.98 Å². The van der Waals surface area contributed by atoms with Crippen LogP contribution in [0.2, 0.25) is 5.02 Å². The van der Waals surface area contributed by atoms with Crippen molar-refractivity contribution in [1.29, 1.82) is 5.26 Å². The number of nitrogens with one attached hydrogen (secondary N) is 1. The van der Waals surface area contributed by atoms with Crippen molar-refractivity contribution in [3.63, 3.8) is 0 Å². The second kappa shape index (κ2) is 4.81. The lowest BCUT2D eigenvalue weighted by Crippen LogP contribution is -1.97. The number of benzene rings is 1. The van der Waals surface area contributed by atoms with E-state index in [1.165, 1.54) is 12.1 Å². The summed E-state index contributed by atoms with van der Waals surface area (Å²) in [6.45, 7) is 0. The van der Waals surface area contributed by atoms with Gasteiger partial charge in [-0.05, 0) is 30.3 Å². The number of nitrogens with zero attached hydrogens (tertiary/aromatic N) is 2. The lowest BCUT2D eigenvalue weighted by atomic mass is 10.3. The van der Waals surface area contributed by atoms with Gasteiger partial charge in [-0.2, -0.15) is 5.26 Å². The van der Waals surface area contributed by atoms with Gasteiger partial charge in [-0.15, -0.1) is 0 Å². The SMILES string of the molecule is N#Cc1cccc(Nc2ccc(Cl)cc2F)n1. The van der Waals surface area contributed by atoms with Gasteiger partial charge in [-0.1, -0.05) is 17.7 Å². The summed E-state index contributed by atoms with van der Waals surface area (Å²) < 4.78 is 13.5. The van der Waals surface area contributed by atoms with Gasteiger partial charge in [-0.25, -0.2) is 9.37 Å². The molecule has 2 rings (SSSR count). The zero-order chi connectivity index (χ0) is 12.3. The molecule has 84 valence electrons. The Balaban J connectivity index is 2.28. The second-order valence-electron chi connectivity index (χ2n) is 3.27. The van der Waals surface area contributed by atoms with Gasteiger partial charge < -0.3 is 5.32 Å². The zero-order valence-electron chi connectivity index (χ0n) is 8.61. The van der Waals surface area contributed by atoms with Crippen molar-refractivity contribution in [3.8, 4) is 6.07 Å². The van der Waals surface area contributed by atoms with Gasteiger partial charge in [0.05, 0.1) is 5.69 Å². The van der Waals surface area contributed by atoms with Crippen molar-refractivity contribution >= 4 is 23.1 Å². The molecule has 1 aromatic heterocycles. The Labute approximate surface area is 102 Å². The Morgan fingerprint density at radius 3 is 2.82 bits per heavy atom. The van der Waals surface area contributed by atoms with E-state index < -0.39 is 5.82 Å². The van der Waals surface area contributed by atoms with Crippen LogP contribution < -0.4 is 5.32 Å². The molecule has 0 aliphatic rings. The number of hydrogen-bond acceptors (Lipinski definition) is 3. The predicted octanol–water partition coefficient (Wildman–Crippen LogP) is 3.49. The predicted molar refractivity (Wildman–Crippen MR) is 63.6 cm³/mol.